The maximum atomic E-state index is 11.1. The molecule has 0 amide bonds. The number of imidazole rings is 1. The lowest BCUT2D eigenvalue weighted by molar-refractivity contribution is -0.144. The summed E-state index contributed by atoms with van der Waals surface area (Å²) in [5, 5.41) is 0. The van der Waals surface area contributed by atoms with Gasteiger partial charge in [0, 0.05) is 18.8 Å². The highest BCUT2D eigenvalue weighted by Crippen LogP contribution is 1.96. The van der Waals surface area contributed by atoms with Crippen LogP contribution in [-0.4, -0.2) is 28.6 Å². The summed E-state index contributed by atoms with van der Waals surface area (Å²) in [7, 11) is 0. The number of H-pyrrole nitrogens is 1. The lowest BCUT2D eigenvalue weighted by Gasteiger charge is -2.07. The van der Waals surface area contributed by atoms with Gasteiger partial charge >= 0.3 is 5.97 Å². The smallest absolute Gasteiger partial charge is 0.323 e. The Morgan fingerprint density at radius 2 is 2.62 bits per heavy atom. The Hall–Kier alpha value is -1.36. The second kappa shape index (κ2) is 4.61. The van der Waals surface area contributed by atoms with Crippen molar-refractivity contribution in [1.82, 2.24) is 9.97 Å². The molecule has 0 spiro atoms. The Balaban J connectivity index is 2.41. The highest BCUT2D eigenvalue weighted by Gasteiger charge is 2.15. The van der Waals surface area contributed by atoms with Crippen LogP contribution in [0.15, 0.2) is 12.4 Å². The molecule has 0 fully saturated rings. The predicted molar refractivity (Wildman–Crippen MR) is 46.9 cm³/mol. The Morgan fingerprint density at radius 1 is 1.85 bits per heavy atom. The molecule has 3 N–H and O–H groups in total. The molecule has 1 rings (SSSR count). The van der Waals surface area contributed by atoms with Crippen molar-refractivity contribution in [1.29, 1.82) is 0 Å². The number of nitrogens with one attached hydrogen (secondary N) is 1. The van der Waals surface area contributed by atoms with Gasteiger partial charge in [-0.3, -0.25) is 4.79 Å². The lowest BCUT2D eigenvalue weighted by Crippen LogP contribution is -2.34. The third-order valence-corrected chi connectivity index (χ3v) is 1.56. The normalized spacial score (nSPS) is 12.5. The van der Waals surface area contributed by atoms with Crippen molar-refractivity contribution in [2.24, 2.45) is 5.73 Å². The van der Waals surface area contributed by atoms with Crippen molar-refractivity contribution < 1.29 is 9.53 Å². The van der Waals surface area contributed by atoms with Gasteiger partial charge in [-0.05, 0) is 6.92 Å². The number of aromatic nitrogens is 2. The first-order chi connectivity index (χ1) is 6.24. The molecular formula is C8H13N3O2. The van der Waals surface area contributed by atoms with Crippen molar-refractivity contribution >= 4 is 5.97 Å². The van der Waals surface area contributed by atoms with Crippen LogP contribution < -0.4 is 5.73 Å². The number of hydrogen-bond acceptors (Lipinski definition) is 4. The average molecular weight is 183 g/mol. The predicted octanol–water partition coefficient (Wildman–Crippen LogP) is -0.157. The van der Waals surface area contributed by atoms with Crippen LogP contribution in [0.25, 0.3) is 0 Å². The van der Waals surface area contributed by atoms with Crippen molar-refractivity contribution in [2.75, 3.05) is 6.61 Å². The molecule has 0 aliphatic carbocycles. The minimum Gasteiger partial charge on any atom is -0.465 e. The number of aromatic amines is 1. The van der Waals surface area contributed by atoms with Crippen LogP contribution in [0.1, 0.15) is 12.7 Å². The molecule has 1 aromatic heterocycles. The van der Waals surface area contributed by atoms with Crippen molar-refractivity contribution in [3.8, 4) is 0 Å². The minimum atomic E-state index is -0.633. The Bertz CT molecular complexity index is 258. The molecule has 0 saturated heterocycles. The summed E-state index contributed by atoms with van der Waals surface area (Å²) in [5.41, 5.74) is 5.56. The highest BCUT2D eigenvalue weighted by molar-refractivity contribution is 5.75. The first-order valence-electron chi connectivity index (χ1n) is 4.14. The Morgan fingerprint density at radius 3 is 3.15 bits per heavy atom. The van der Waals surface area contributed by atoms with Gasteiger partial charge in [0.15, 0.2) is 0 Å². The van der Waals surface area contributed by atoms with Gasteiger partial charge < -0.3 is 15.5 Å². The van der Waals surface area contributed by atoms with Crippen LogP contribution in [0.2, 0.25) is 0 Å². The summed E-state index contributed by atoms with van der Waals surface area (Å²) in [6.45, 7) is 2.10. The number of hydrogen-bond donors (Lipinski definition) is 2. The monoisotopic (exact) mass is 183 g/mol. The summed E-state index contributed by atoms with van der Waals surface area (Å²) in [6, 6.07) is -0.633. The molecule has 0 bridgehead atoms. The van der Waals surface area contributed by atoms with Crippen LogP contribution in [0.4, 0.5) is 0 Å². The maximum Gasteiger partial charge on any atom is 0.323 e. The Kier molecular flexibility index (Phi) is 3.45. The van der Waals surface area contributed by atoms with Gasteiger partial charge in [0.2, 0.25) is 0 Å². The zero-order chi connectivity index (χ0) is 9.68. The highest BCUT2D eigenvalue weighted by atomic mass is 16.5. The van der Waals surface area contributed by atoms with E-state index in [-0.39, 0.29) is 5.97 Å². The van der Waals surface area contributed by atoms with Gasteiger partial charge in [0.1, 0.15) is 11.9 Å². The van der Waals surface area contributed by atoms with Gasteiger partial charge in [-0.2, -0.15) is 0 Å². The zero-order valence-electron chi connectivity index (χ0n) is 7.49. The van der Waals surface area contributed by atoms with Crippen molar-refractivity contribution in [3.63, 3.8) is 0 Å². The third-order valence-electron chi connectivity index (χ3n) is 1.56. The molecular weight excluding hydrogens is 170 g/mol. The van der Waals surface area contributed by atoms with E-state index < -0.39 is 6.04 Å². The first-order valence-corrected chi connectivity index (χ1v) is 4.14. The lowest BCUT2D eigenvalue weighted by atomic mass is 10.2. The first kappa shape index (κ1) is 9.73. The number of ether oxygens (including phenoxy) is 1. The molecule has 0 radical (unpaired) electrons. The average Bonchev–Trinajstić information content (AvgIpc) is 2.57. The molecule has 5 nitrogen and oxygen atoms in total. The van der Waals surface area contributed by atoms with Crippen LogP contribution >= 0.6 is 0 Å². The largest absolute Gasteiger partial charge is 0.465 e. The molecule has 0 aliphatic heterocycles. The summed E-state index contributed by atoms with van der Waals surface area (Å²) in [4.78, 5) is 17.9. The number of carbonyl (C=O) groups is 1. The van der Waals surface area contributed by atoms with Gasteiger partial charge in [-0.1, -0.05) is 0 Å². The summed E-state index contributed by atoms with van der Waals surface area (Å²) in [6.07, 6.45) is 3.69. The third kappa shape index (κ3) is 2.87. The molecule has 1 heterocycles. The van der Waals surface area contributed by atoms with E-state index in [0.717, 1.165) is 0 Å². The number of rotatable bonds is 4. The van der Waals surface area contributed by atoms with E-state index in [1.54, 1.807) is 19.3 Å². The van der Waals surface area contributed by atoms with Crippen molar-refractivity contribution in [2.45, 2.75) is 19.4 Å². The second-order valence-electron chi connectivity index (χ2n) is 2.60. The molecule has 0 aromatic carbocycles. The van der Waals surface area contributed by atoms with Gasteiger partial charge in [0.05, 0.1) is 6.61 Å². The van der Waals surface area contributed by atoms with Gasteiger partial charge in [0.25, 0.3) is 0 Å². The maximum absolute atomic E-state index is 11.1. The van der Waals surface area contributed by atoms with E-state index in [1.807, 2.05) is 0 Å². The summed E-state index contributed by atoms with van der Waals surface area (Å²) < 4.78 is 4.75. The molecule has 5 heteroatoms. The number of nitrogens with zero attached hydrogens (tertiary/aromatic N) is 1. The molecule has 72 valence electrons. The fourth-order valence-corrected chi connectivity index (χ4v) is 0.951. The number of carbonyl (C=O) groups excluding carboxylic acids is 1. The standard InChI is InChI=1S/C8H13N3O2/c1-2-13-8(12)6(9)5-7-10-3-4-11-7/h3-4,6H,2,5,9H2,1H3,(H,10,11)/t6-/m0/s1. The van der Waals surface area contributed by atoms with Crippen molar-refractivity contribution in [3.05, 3.63) is 18.2 Å². The van der Waals surface area contributed by atoms with Crippen LogP contribution in [0.5, 0.6) is 0 Å². The van der Waals surface area contributed by atoms with Crippen LogP contribution in [0, 0.1) is 0 Å². The molecule has 13 heavy (non-hydrogen) atoms. The van der Waals surface area contributed by atoms with Crippen LogP contribution in [0.3, 0.4) is 0 Å². The van der Waals surface area contributed by atoms with Gasteiger partial charge in [-0.15, -0.1) is 0 Å². The quantitative estimate of drug-likeness (QED) is 0.636. The van der Waals surface area contributed by atoms with E-state index in [2.05, 4.69) is 9.97 Å². The second-order valence-corrected chi connectivity index (χ2v) is 2.60. The van der Waals surface area contributed by atoms with E-state index in [4.69, 9.17) is 10.5 Å². The fraction of sp³-hybridized carbons (Fsp3) is 0.500. The fourth-order valence-electron chi connectivity index (χ4n) is 0.951. The zero-order valence-corrected chi connectivity index (χ0v) is 7.49. The Labute approximate surface area is 76.3 Å². The number of esters is 1. The topological polar surface area (TPSA) is 81.0 Å². The van der Waals surface area contributed by atoms with E-state index >= 15 is 0 Å². The SMILES string of the molecule is CCOC(=O)[C@@H](N)Cc1ncc[nH]1. The van der Waals surface area contributed by atoms with E-state index in [9.17, 15) is 4.79 Å². The van der Waals surface area contributed by atoms with Crippen LogP contribution in [-0.2, 0) is 16.0 Å². The molecule has 0 saturated carbocycles. The summed E-state index contributed by atoms with van der Waals surface area (Å²) in [5.74, 6) is 0.305. The molecule has 0 unspecified atom stereocenters. The number of nitrogens with two attached hydrogens (primary N) is 1. The minimum absolute atomic E-state index is 0.352. The molecule has 0 aliphatic rings. The van der Waals surface area contributed by atoms with E-state index in [0.29, 0.717) is 18.9 Å². The summed E-state index contributed by atoms with van der Waals surface area (Å²) >= 11 is 0. The van der Waals surface area contributed by atoms with Gasteiger partial charge in [-0.25, -0.2) is 4.98 Å². The molecule has 1 aromatic rings. The molecule has 1 atom stereocenters. The van der Waals surface area contributed by atoms with E-state index in [1.165, 1.54) is 0 Å².